The predicted molar refractivity (Wildman–Crippen MR) is 56.2 cm³/mol. The molecule has 0 bridgehead atoms. The van der Waals surface area contributed by atoms with E-state index in [4.69, 9.17) is 5.26 Å². The monoisotopic (exact) mass is 218 g/mol. The molecule has 0 spiro atoms. The van der Waals surface area contributed by atoms with Gasteiger partial charge in [0.25, 0.3) is 5.91 Å². The number of rotatable bonds is 2. The van der Waals surface area contributed by atoms with Crippen molar-refractivity contribution in [1.82, 2.24) is 4.90 Å². The zero-order valence-electron chi connectivity index (χ0n) is 8.74. The summed E-state index contributed by atoms with van der Waals surface area (Å²) in [7, 11) is 0. The predicted octanol–water partition coefficient (Wildman–Crippen LogP) is 1.74. The van der Waals surface area contributed by atoms with Crippen molar-refractivity contribution >= 4 is 5.91 Å². The quantitative estimate of drug-likeness (QED) is 0.758. The maximum atomic E-state index is 13.4. The fraction of sp³-hybridized carbons (Fsp3) is 0.333. The number of carbonyl (C=O) groups is 1. The molecule has 1 heterocycles. The smallest absolute Gasteiger partial charge is 0.254 e. The number of halogens is 1. The van der Waals surface area contributed by atoms with Gasteiger partial charge in [-0.3, -0.25) is 4.79 Å². The normalized spacial score (nSPS) is 14.5. The molecule has 0 aliphatic carbocycles. The van der Waals surface area contributed by atoms with Gasteiger partial charge in [-0.2, -0.15) is 5.26 Å². The molecule has 1 aromatic carbocycles. The Kier molecular flexibility index (Phi) is 2.86. The Bertz CT molecular complexity index is 465. The Hall–Kier alpha value is -1.89. The summed E-state index contributed by atoms with van der Waals surface area (Å²) in [4.78, 5) is 13.5. The van der Waals surface area contributed by atoms with E-state index < -0.39 is 0 Å². The SMILES string of the molecule is N#CCCN1CCc2c(F)cccc2C1=O. The highest BCUT2D eigenvalue weighted by Gasteiger charge is 2.25. The zero-order valence-corrected chi connectivity index (χ0v) is 8.74. The highest BCUT2D eigenvalue weighted by atomic mass is 19.1. The van der Waals surface area contributed by atoms with Crippen molar-refractivity contribution in [2.75, 3.05) is 13.1 Å². The molecule has 16 heavy (non-hydrogen) atoms. The van der Waals surface area contributed by atoms with Crippen LogP contribution in [0.2, 0.25) is 0 Å². The lowest BCUT2D eigenvalue weighted by Gasteiger charge is -2.27. The molecule has 0 N–H and O–H groups in total. The van der Waals surface area contributed by atoms with E-state index in [1.165, 1.54) is 6.07 Å². The number of amides is 1. The van der Waals surface area contributed by atoms with Gasteiger partial charge in [0.2, 0.25) is 0 Å². The number of nitrogens with zero attached hydrogens (tertiary/aromatic N) is 2. The Morgan fingerprint density at radius 1 is 1.50 bits per heavy atom. The van der Waals surface area contributed by atoms with Crippen molar-refractivity contribution in [1.29, 1.82) is 5.26 Å². The van der Waals surface area contributed by atoms with Gasteiger partial charge < -0.3 is 4.90 Å². The Labute approximate surface area is 93.1 Å². The van der Waals surface area contributed by atoms with Crippen molar-refractivity contribution in [3.63, 3.8) is 0 Å². The first kappa shape index (κ1) is 10.6. The van der Waals surface area contributed by atoms with E-state index in [1.54, 1.807) is 17.0 Å². The van der Waals surface area contributed by atoms with Crippen LogP contribution in [0.1, 0.15) is 22.3 Å². The van der Waals surface area contributed by atoms with Crippen molar-refractivity contribution < 1.29 is 9.18 Å². The molecule has 0 saturated heterocycles. The topological polar surface area (TPSA) is 44.1 Å². The third-order valence-electron chi connectivity index (χ3n) is 2.76. The van der Waals surface area contributed by atoms with Crippen molar-refractivity contribution in [2.45, 2.75) is 12.8 Å². The van der Waals surface area contributed by atoms with Crippen molar-refractivity contribution in [3.05, 3.63) is 35.1 Å². The molecule has 0 fully saturated rings. The molecule has 0 saturated carbocycles. The number of fused-ring (bicyclic) bond motifs is 1. The molecule has 2 rings (SSSR count). The largest absolute Gasteiger partial charge is 0.337 e. The van der Waals surface area contributed by atoms with E-state index in [1.807, 2.05) is 6.07 Å². The van der Waals surface area contributed by atoms with Gasteiger partial charge in [-0.25, -0.2) is 4.39 Å². The van der Waals surface area contributed by atoms with Gasteiger partial charge in [-0.1, -0.05) is 6.07 Å². The summed E-state index contributed by atoms with van der Waals surface area (Å²) in [6, 6.07) is 6.55. The molecule has 0 atom stereocenters. The van der Waals surface area contributed by atoms with E-state index in [0.717, 1.165) is 0 Å². The molecule has 1 aromatic rings. The fourth-order valence-corrected chi connectivity index (χ4v) is 1.93. The molecule has 1 aliphatic rings. The number of benzene rings is 1. The second kappa shape index (κ2) is 4.31. The van der Waals surface area contributed by atoms with E-state index in [0.29, 0.717) is 37.1 Å². The lowest BCUT2D eigenvalue weighted by molar-refractivity contribution is 0.0741. The van der Waals surface area contributed by atoms with Gasteiger partial charge in [-0.15, -0.1) is 0 Å². The van der Waals surface area contributed by atoms with Crippen LogP contribution >= 0.6 is 0 Å². The maximum Gasteiger partial charge on any atom is 0.254 e. The fourth-order valence-electron chi connectivity index (χ4n) is 1.93. The third kappa shape index (κ3) is 1.76. The summed E-state index contributed by atoms with van der Waals surface area (Å²) in [5.41, 5.74) is 0.935. The highest BCUT2D eigenvalue weighted by Crippen LogP contribution is 2.21. The van der Waals surface area contributed by atoms with Crippen LogP contribution < -0.4 is 0 Å². The van der Waals surface area contributed by atoms with Gasteiger partial charge in [0.05, 0.1) is 12.5 Å². The number of nitriles is 1. The van der Waals surface area contributed by atoms with Crippen LogP contribution in [0.4, 0.5) is 4.39 Å². The van der Waals surface area contributed by atoms with Crippen LogP contribution in [-0.4, -0.2) is 23.9 Å². The Morgan fingerprint density at radius 3 is 3.06 bits per heavy atom. The molecule has 1 amide bonds. The molecule has 0 aromatic heterocycles. The minimum Gasteiger partial charge on any atom is -0.337 e. The summed E-state index contributed by atoms with van der Waals surface area (Å²) in [5.74, 6) is -0.484. The summed E-state index contributed by atoms with van der Waals surface area (Å²) < 4.78 is 13.4. The van der Waals surface area contributed by atoms with Crippen LogP contribution in [0.15, 0.2) is 18.2 Å². The summed E-state index contributed by atoms with van der Waals surface area (Å²) in [6.07, 6.45) is 0.843. The highest BCUT2D eigenvalue weighted by molar-refractivity contribution is 5.96. The van der Waals surface area contributed by atoms with Crippen LogP contribution in [0.5, 0.6) is 0 Å². The van der Waals surface area contributed by atoms with Crippen molar-refractivity contribution in [3.8, 4) is 6.07 Å². The summed E-state index contributed by atoms with van der Waals surface area (Å²) in [5, 5.41) is 8.47. The maximum absolute atomic E-state index is 13.4. The molecular formula is C12H11FN2O. The Balaban J connectivity index is 2.26. The first-order valence-corrected chi connectivity index (χ1v) is 5.17. The first-order valence-electron chi connectivity index (χ1n) is 5.17. The summed E-state index contributed by atoms with van der Waals surface area (Å²) >= 11 is 0. The molecule has 0 unspecified atom stereocenters. The average Bonchev–Trinajstić information content (AvgIpc) is 2.29. The molecule has 82 valence electrons. The van der Waals surface area contributed by atoms with Crippen LogP contribution in [0.25, 0.3) is 0 Å². The lowest BCUT2D eigenvalue weighted by Crippen LogP contribution is -2.38. The number of carbonyl (C=O) groups excluding carboxylic acids is 1. The minimum atomic E-state index is -0.314. The molecular weight excluding hydrogens is 207 g/mol. The lowest BCUT2D eigenvalue weighted by atomic mass is 9.98. The molecule has 0 radical (unpaired) electrons. The van der Waals surface area contributed by atoms with Gasteiger partial charge >= 0.3 is 0 Å². The van der Waals surface area contributed by atoms with E-state index >= 15 is 0 Å². The van der Waals surface area contributed by atoms with Gasteiger partial charge in [0, 0.05) is 24.2 Å². The van der Waals surface area contributed by atoms with E-state index in [-0.39, 0.29) is 11.7 Å². The van der Waals surface area contributed by atoms with Crippen LogP contribution in [0, 0.1) is 17.1 Å². The van der Waals surface area contributed by atoms with Crippen molar-refractivity contribution in [2.24, 2.45) is 0 Å². The molecule has 3 nitrogen and oxygen atoms in total. The second-order valence-electron chi connectivity index (χ2n) is 3.72. The van der Waals surface area contributed by atoms with Gasteiger partial charge in [-0.05, 0) is 18.6 Å². The standard InChI is InChI=1S/C12H11FN2O/c13-11-4-1-3-10-9(11)5-8-15(12(10)16)7-2-6-14/h1,3-4H,2,5,7-8H2. The van der Waals surface area contributed by atoms with Crippen LogP contribution in [0.3, 0.4) is 0 Å². The average molecular weight is 218 g/mol. The minimum absolute atomic E-state index is 0.170. The first-order chi connectivity index (χ1) is 7.74. The second-order valence-corrected chi connectivity index (χ2v) is 3.72. The van der Waals surface area contributed by atoms with E-state index in [2.05, 4.69) is 0 Å². The van der Waals surface area contributed by atoms with Crippen LogP contribution in [-0.2, 0) is 6.42 Å². The molecule has 4 heteroatoms. The zero-order chi connectivity index (χ0) is 11.5. The Morgan fingerprint density at radius 2 is 2.31 bits per heavy atom. The van der Waals surface area contributed by atoms with E-state index in [9.17, 15) is 9.18 Å². The summed E-state index contributed by atoms with van der Waals surface area (Å²) in [6.45, 7) is 0.916. The number of hydrogen-bond donors (Lipinski definition) is 0. The number of hydrogen-bond acceptors (Lipinski definition) is 2. The molecule has 1 aliphatic heterocycles. The van der Waals surface area contributed by atoms with Gasteiger partial charge in [0.15, 0.2) is 0 Å². The third-order valence-corrected chi connectivity index (χ3v) is 2.76. The van der Waals surface area contributed by atoms with Gasteiger partial charge in [0.1, 0.15) is 5.82 Å².